The molecule has 2 N–H and O–H groups in total. The van der Waals surface area contributed by atoms with Crippen molar-refractivity contribution in [1.29, 1.82) is 0 Å². The molecule has 3 fully saturated rings. The van der Waals surface area contributed by atoms with Crippen LogP contribution in [-0.4, -0.2) is 86.2 Å². The maximum atomic E-state index is 14.1. The molecule has 77 heavy (non-hydrogen) atoms. The summed E-state index contributed by atoms with van der Waals surface area (Å²) in [6, 6.07) is 30.2. The first-order chi connectivity index (χ1) is 37.2. The zero-order valence-corrected chi connectivity index (χ0v) is 45.8. The van der Waals surface area contributed by atoms with E-state index in [1.807, 2.05) is 99.2 Å². The van der Waals surface area contributed by atoms with Crippen LogP contribution in [0.4, 0.5) is 10.9 Å². The summed E-state index contributed by atoms with van der Waals surface area (Å²) >= 11 is 1.45. The molecule has 3 aliphatic heterocycles. The highest BCUT2D eigenvalue weighted by Crippen LogP contribution is 2.40. The number of aromatic nitrogens is 4. The molecule has 11 rings (SSSR count). The molecule has 400 valence electrons. The standard InChI is InChI=1S/C62H70N8O6S/c1-38-43(45-26-28-53(64-56(45)60(74)76-62(2,3)4)70-36-32-40-14-10-17-46(49(40)37-70)58(72)66-61-63-50-19-6-7-21-52(50)77-61)15-12-20-51(38)75-42-24-22-39(23-25-42)13-8-9-33-69-34-30-41(31-35-69)44-16-11-18-47-55(67-68(5)57(44)47)48-27-29-54(71)65-59(48)73/h6-7,10-12,14-21,26,28,39,41-42,48H,8-9,13,22-25,27,29-37H2,1-5H3,(H,63,66,72)(H,65,71,73)/t39-,42-,48?. The third-order valence-corrected chi connectivity index (χ3v) is 17.3. The van der Waals surface area contributed by atoms with Crippen LogP contribution in [0.2, 0.25) is 0 Å². The molecule has 2 saturated heterocycles. The third-order valence-electron chi connectivity index (χ3n) is 16.3. The third kappa shape index (κ3) is 11.4. The summed E-state index contributed by atoms with van der Waals surface area (Å²) in [5.41, 5.74) is 8.76. The molecule has 4 aromatic carbocycles. The van der Waals surface area contributed by atoms with Gasteiger partial charge in [0.2, 0.25) is 11.8 Å². The lowest BCUT2D eigenvalue weighted by molar-refractivity contribution is -0.134. The number of hydrogen-bond donors (Lipinski definition) is 2. The van der Waals surface area contributed by atoms with Crippen LogP contribution < -0.4 is 20.3 Å². The van der Waals surface area contributed by atoms with Crippen molar-refractivity contribution in [1.82, 2.24) is 30.0 Å². The number of carbonyl (C=O) groups is 4. The Kier molecular flexibility index (Phi) is 15.0. The van der Waals surface area contributed by atoms with Crippen molar-refractivity contribution in [3.63, 3.8) is 0 Å². The van der Waals surface area contributed by atoms with Gasteiger partial charge in [-0.2, -0.15) is 5.10 Å². The van der Waals surface area contributed by atoms with Gasteiger partial charge in [-0.15, -0.1) is 0 Å². The Labute approximate surface area is 454 Å². The second-order valence-corrected chi connectivity index (χ2v) is 23.7. The number of nitrogens with one attached hydrogen (secondary N) is 2. The van der Waals surface area contributed by atoms with Crippen molar-refractivity contribution in [3.8, 4) is 16.9 Å². The van der Waals surface area contributed by atoms with Crippen molar-refractivity contribution in [2.24, 2.45) is 13.0 Å². The van der Waals surface area contributed by atoms with E-state index >= 15 is 0 Å². The van der Waals surface area contributed by atoms with Crippen molar-refractivity contribution >= 4 is 67.1 Å². The topological polar surface area (TPSA) is 161 Å². The van der Waals surface area contributed by atoms with E-state index in [1.54, 1.807) is 0 Å². The van der Waals surface area contributed by atoms with Crippen LogP contribution in [0.3, 0.4) is 0 Å². The maximum absolute atomic E-state index is 14.1. The zero-order valence-electron chi connectivity index (χ0n) is 45.0. The molecular formula is C62H70N8O6S. The van der Waals surface area contributed by atoms with Crippen LogP contribution in [0.15, 0.2) is 91.0 Å². The molecule has 3 aromatic heterocycles. The highest BCUT2D eigenvalue weighted by atomic mass is 32.1. The number of thiazole rings is 1. The van der Waals surface area contributed by atoms with Gasteiger partial charge in [0.1, 0.15) is 17.2 Å². The van der Waals surface area contributed by atoms with Crippen LogP contribution in [0.5, 0.6) is 5.75 Å². The van der Waals surface area contributed by atoms with E-state index in [4.69, 9.17) is 19.6 Å². The largest absolute Gasteiger partial charge is 0.490 e. The van der Waals surface area contributed by atoms with Gasteiger partial charge in [-0.3, -0.25) is 29.7 Å². The van der Waals surface area contributed by atoms with Crippen molar-refractivity contribution in [2.45, 2.75) is 135 Å². The van der Waals surface area contributed by atoms with Gasteiger partial charge in [-0.05, 0) is 181 Å². The molecule has 3 amide bonds. The van der Waals surface area contributed by atoms with Crippen LogP contribution in [0, 0.1) is 12.8 Å². The number of unbranched alkanes of at least 4 members (excludes halogenated alkanes) is 1. The second-order valence-electron chi connectivity index (χ2n) is 22.7. The summed E-state index contributed by atoms with van der Waals surface area (Å²) < 4.78 is 15.8. The first kappa shape index (κ1) is 52.1. The molecule has 1 unspecified atom stereocenters. The van der Waals surface area contributed by atoms with Gasteiger partial charge in [0.05, 0.1) is 33.4 Å². The number of rotatable bonds is 14. The quantitative estimate of drug-likeness (QED) is 0.0606. The number of benzene rings is 4. The molecule has 14 nitrogen and oxygen atoms in total. The Morgan fingerprint density at radius 1 is 0.818 bits per heavy atom. The number of piperidine rings is 2. The van der Waals surface area contributed by atoms with Crippen molar-refractivity contribution < 1.29 is 28.7 Å². The predicted molar refractivity (Wildman–Crippen MR) is 303 cm³/mol. The smallest absolute Gasteiger partial charge is 0.358 e. The highest BCUT2D eigenvalue weighted by molar-refractivity contribution is 7.22. The molecule has 7 aromatic rings. The second kappa shape index (κ2) is 22.2. The van der Waals surface area contributed by atoms with E-state index in [1.165, 1.54) is 36.2 Å². The predicted octanol–water partition coefficient (Wildman–Crippen LogP) is 11.8. The van der Waals surface area contributed by atoms with Gasteiger partial charge in [0, 0.05) is 43.1 Å². The summed E-state index contributed by atoms with van der Waals surface area (Å²) in [6.07, 6.45) is 11.9. The number of amides is 3. The molecule has 0 spiro atoms. The normalized spacial score (nSPS) is 19.5. The van der Waals surface area contributed by atoms with Crippen LogP contribution >= 0.6 is 11.3 Å². The number of pyridine rings is 1. The number of hydrogen-bond acceptors (Lipinski definition) is 12. The number of para-hydroxylation sites is 2. The molecule has 0 radical (unpaired) electrons. The van der Waals surface area contributed by atoms with Gasteiger partial charge in [-0.1, -0.05) is 78.8 Å². The molecule has 1 saturated carbocycles. The van der Waals surface area contributed by atoms with E-state index in [0.29, 0.717) is 59.8 Å². The van der Waals surface area contributed by atoms with Crippen LogP contribution in [0.1, 0.15) is 152 Å². The number of likely N-dealkylation sites (tertiary alicyclic amines) is 1. The maximum Gasteiger partial charge on any atom is 0.358 e. The molecule has 4 aliphatic rings. The summed E-state index contributed by atoms with van der Waals surface area (Å²) in [7, 11) is 1.98. The lowest BCUT2D eigenvalue weighted by Crippen LogP contribution is -2.39. The van der Waals surface area contributed by atoms with E-state index in [0.717, 1.165) is 119 Å². The molecule has 15 heteroatoms. The number of carbonyl (C=O) groups excluding carboxylic acids is 4. The first-order valence-electron chi connectivity index (χ1n) is 27.8. The number of anilines is 2. The summed E-state index contributed by atoms with van der Waals surface area (Å²) in [5.74, 6) is 1.09. The number of aryl methyl sites for hydroxylation is 1. The minimum absolute atomic E-state index is 0.128. The minimum Gasteiger partial charge on any atom is -0.490 e. The fourth-order valence-electron chi connectivity index (χ4n) is 12.3. The molecular weight excluding hydrogens is 985 g/mol. The monoisotopic (exact) mass is 1050 g/mol. The SMILES string of the molecule is Cc1c(O[C@H]2CC[C@H](CCCCN3CCC(c4cccc5c(C6CCC(=O)NC6=O)nn(C)c45)CC3)CC2)cccc1-c1ccc(N2CCc3cccc(C(=O)Nc4nc5ccccc5s4)c3C2)nc1C(=O)OC(C)(C)C. The van der Waals surface area contributed by atoms with Gasteiger partial charge in [-0.25, -0.2) is 14.8 Å². The molecule has 6 heterocycles. The van der Waals surface area contributed by atoms with Crippen LogP contribution in [0.25, 0.3) is 32.2 Å². The van der Waals surface area contributed by atoms with Gasteiger partial charge in [0.25, 0.3) is 5.91 Å². The number of ether oxygens (including phenoxy) is 2. The molecule has 1 atom stereocenters. The van der Waals surface area contributed by atoms with Gasteiger partial charge < -0.3 is 19.3 Å². The fraction of sp³-hybridized carbons (Fsp3) is 0.435. The summed E-state index contributed by atoms with van der Waals surface area (Å²) in [4.78, 5) is 67.0. The molecule has 0 bridgehead atoms. The highest BCUT2D eigenvalue weighted by Gasteiger charge is 2.34. The lowest BCUT2D eigenvalue weighted by Gasteiger charge is -2.33. The average molecular weight is 1060 g/mol. The minimum atomic E-state index is -0.730. The van der Waals surface area contributed by atoms with E-state index in [2.05, 4.69) is 56.6 Å². The molecule has 1 aliphatic carbocycles. The summed E-state index contributed by atoms with van der Waals surface area (Å²) in [5, 5.41) is 12.0. The van der Waals surface area contributed by atoms with Gasteiger partial charge >= 0.3 is 5.97 Å². The lowest BCUT2D eigenvalue weighted by atomic mass is 9.84. The number of nitrogens with zero attached hydrogens (tertiary/aromatic N) is 6. The van der Waals surface area contributed by atoms with E-state index in [-0.39, 0.29) is 29.5 Å². The zero-order chi connectivity index (χ0) is 53.4. The number of imide groups is 1. The summed E-state index contributed by atoms with van der Waals surface area (Å²) in [6.45, 7) is 12.1. The Morgan fingerprint density at radius 2 is 1.61 bits per heavy atom. The Hall–Kier alpha value is -6.97. The Bertz CT molecular complexity index is 3330. The Balaban J connectivity index is 0.684. The average Bonchev–Trinajstić information content (AvgIpc) is 4.11. The first-order valence-corrected chi connectivity index (χ1v) is 28.6. The van der Waals surface area contributed by atoms with Crippen molar-refractivity contribution in [3.05, 3.63) is 130 Å². The number of fused-ring (bicyclic) bond motifs is 3. The fourth-order valence-corrected chi connectivity index (χ4v) is 13.2. The Morgan fingerprint density at radius 3 is 2.40 bits per heavy atom. The van der Waals surface area contributed by atoms with E-state index in [9.17, 15) is 19.2 Å². The number of esters is 1. The van der Waals surface area contributed by atoms with Crippen molar-refractivity contribution in [2.75, 3.05) is 36.4 Å². The van der Waals surface area contributed by atoms with Crippen LogP contribution in [-0.2, 0) is 34.3 Å². The van der Waals surface area contributed by atoms with Gasteiger partial charge in [0.15, 0.2) is 10.8 Å². The van der Waals surface area contributed by atoms with E-state index < -0.39 is 17.5 Å².